The van der Waals surface area contributed by atoms with E-state index in [1.807, 2.05) is 19.9 Å². The molecule has 0 fully saturated rings. The summed E-state index contributed by atoms with van der Waals surface area (Å²) < 4.78 is 5.51. The second kappa shape index (κ2) is 4.96. The lowest BCUT2D eigenvalue weighted by Gasteiger charge is -2.13. The van der Waals surface area contributed by atoms with Crippen molar-refractivity contribution in [2.75, 3.05) is 6.61 Å². The third kappa shape index (κ3) is 2.58. The van der Waals surface area contributed by atoms with Crippen molar-refractivity contribution in [3.05, 3.63) is 28.8 Å². The minimum atomic E-state index is 0.0665. The van der Waals surface area contributed by atoms with Crippen LogP contribution in [-0.4, -0.2) is 12.4 Å². The van der Waals surface area contributed by atoms with Crippen molar-refractivity contribution >= 4 is 5.78 Å². The van der Waals surface area contributed by atoms with Gasteiger partial charge in [-0.25, -0.2) is 0 Å². The molecule has 2 heteroatoms. The first-order chi connectivity index (χ1) is 7.10. The Morgan fingerprint density at radius 3 is 2.47 bits per heavy atom. The third-order valence-electron chi connectivity index (χ3n) is 2.41. The fourth-order valence-electron chi connectivity index (χ4n) is 1.65. The molecule has 0 aliphatic carbocycles. The van der Waals surface area contributed by atoms with Crippen LogP contribution in [0, 0.1) is 6.92 Å². The summed E-state index contributed by atoms with van der Waals surface area (Å²) in [7, 11) is 0. The molecule has 0 saturated heterocycles. The minimum Gasteiger partial charge on any atom is -0.493 e. The maximum absolute atomic E-state index is 11.5. The number of hydrogen-bond acceptors (Lipinski definition) is 2. The monoisotopic (exact) mass is 206 g/mol. The molecule has 0 atom stereocenters. The molecular formula is C13H18O2. The summed E-state index contributed by atoms with van der Waals surface area (Å²) in [5.41, 5.74) is 2.93. The third-order valence-corrected chi connectivity index (χ3v) is 2.41. The summed E-state index contributed by atoms with van der Waals surface area (Å²) >= 11 is 0. The standard InChI is InChI=1S/C13H18O2/c1-5-11-7-9(3)13(15-6-2)12(8-11)10(4)14/h7-8H,5-6H2,1-4H3. The summed E-state index contributed by atoms with van der Waals surface area (Å²) in [5, 5.41) is 0. The molecule has 82 valence electrons. The van der Waals surface area contributed by atoms with Gasteiger partial charge in [0.1, 0.15) is 5.75 Å². The molecule has 1 aromatic carbocycles. The summed E-state index contributed by atoms with van der Waals surface area (Å²) in [6.45, 7) is 8.16. The van der Waals surface area contributed by atoms with Gasteiger partial charge >= 0.3 is 0 Å². The van der Waals surface area contributed by atoms with Crippen molar-refractivity contribution in [1.82, 2.24) is 0 Å². The van der Waals surface area contributed by atoms with Crippen LogP contribution in [0.4, 0.5) is 0 Å². The van der Waals surface area contributed by atoms with Crippen LogP contribution < -0.4 is 4.74 Å². The highest BCUT2D eigenvalue weighted by atomic mass is 16.5. The number of carbonyl (C=O) groups excluding carboxylic acids is 1. The second-order valence-electron chi connectivity index (χ2n) is 3.63. The zero-order valence-electron chi connectivity index (χ0n) is 9.89. The Morgan fingerprint density at radius 1 is 1.33 bits per heavy atom. The van der Waals surface area contributed by atoms with Crippen molar-refractivity contribution in [3.63, 3.8) is 0 Å². The lowest BCUT2D eigenvalue weighted by atomic mass is 10.0. The highest BCUT2D eigenvalue weighted by Gasteiger charge is 2.12. The Bertz CT molecular complexity index is 367. The number of ether oxygens (including phenoxy) is 1. The van der Waals surface area contributed by atoms with Crippen LogP contribution in [-0.2, 0) is 6.42 Å². The molecule has 1 rings (SSSR count). The number of benzene rings is 1. The molecule has 0 aliphatic rings. The Labute approximate surface area is 91.3 Å². The largest absolute Gasteiger partial charge is 0.493 e. The normalized spacial score (nSPS) is 10.1. The Kier molecular flexibility index (Phi) is 3.89. The zero-order valence-corrected chi connectivity index (χ0v) is 9.89. The fourth-order valence-corrected chi connectivity index (χ4v) is 1.65. The Balaban J connectivity index is 3.28. The molecule has 0 aromatic heterocycles. The van der Waals surface area contributed by atoms with Crippen molar-refractivity contribution < 1.29 is 9.53 Å². The highest BCUT2D eigenvalue weighted by Crippen LogP contribution is 2.26. The molecular weight excluding hydrogens is 188 g/mol. The first-order valence-electron chi connectivity index (χ1n) is 5.37. The van der Waals surface area contributed by atoms with Crippen LogP contribution in [0.25, 0.3) is 0 Å². The molecule has 0 aliphatic heterocycles. The van der Waals surface area contributed by atoms with Crippen molar-refractivity contribution in [2.24, 2.45) is 0 Å². The number of carbonyl (C=O) groups is 1. The molecule has 0 amide bonds. The number of rotatable bonds is 4. The maximum atomic E-state index is 11.5. The van der Waals surface area contributed by atoms with Gasteiger partial charge in [-0.2, -0.15) is 0 Å². The predicted molar refractivity (Wildman–Crippen MR) is 61.7 cm³/mol. The van der Waals surface area contributed by atoms with E-state index >= 15 is 0 Å². The predicted octanol–water partition coefficient (Wildman–Crippen LogP) is 3.16. The fraction of sp³-hybridized carbons (Fsp3) is 0.462. The van der Waals surface area contributed by atoms with Crippen molar-refractivity contribution in [1.29, 1.82) is 0 Å². The van der Waals surface area contributed by atoms with Gasteiger partial charge in [0.2, 0.25) is 0 Å². The molecule has 0 spiro atoms. The summed E-state index contributed by atoms with van der Waals surface area (Å²) in [6.07, 6.45) is 0.938. The number of hydrogen-bond donors (Lipinski definition) is 0. The van der Waals surface area contributed by atoms with Crippen LogP contribution in [0.5, 0.6) is 5.75 Å². The van der Waals surface area contributed by atoms with Gasteiger partial charge in [0.05, 0.1) is 12.2 Å². The van der Waals surface area contributed by atoms with Gasteiger partial charge in [-0.1, -0.05) is 13.0 Å². The van der Waals surface area contributed by atoms with E-state index in [1.54, 1.807) is 6.92 Å². The number of Topliss-reactive ketones (excluding diaryl/α,β-unsaturated/α-hetero) is 1. The first-order valence-corrected chi connectivity index (χ1v) is 5.37. The molecule has 0 N–H and O–H groups in total. The first kappa shape index (κ1) is 11.8. The average molecular weight is 206 g/mol. The van der Waals surface area contributed by atoms with Crippen LogP contribution in [0.2, 0.25) is 0 Å². The van der Waals surface area contributed by atoms with E-state index in [0.717, 1.165) is 17.7 Å². The summed E-state index contributed by atoms with van der Waals surface area (Å²) in [6, 6.07) is 4.01. The SMILES string of the molecule is CCOc1c(C)cc(CC)cc1C(C)=O. The molecule has 0 unspecified atom stereocenters. The van der Waals surface area contributed by atoms with E-state index in [4.69, 9.17) is 4.74 Å². The molecule has 0 saturated carbocycles. The smallest absolute Gasteiger partial charge is 0.163 e. The van der Waals surface area contributed by atoms with Crippen LogP contribution in [0.15, 0.2) is 12.1 Å². The van der Waals surface area contributed by atoms with Gasteiger partial charge < -0.3 is 4.74 Å². The van der Waals surface area contributed by atoms with Crippen molar-refractivity contribution in [3.8, 4) is 5.75 Å². The highest BCUT2D eigenvalue weighted by molar-refractivity contribution is 5.97. The number of ketones is 1. The molecule has 0 bridgehead atoms. The lowest BCUT2D eigenvalue weighted by molar-refractivity contribution is 0.101. The van der Waals surface area contributed by atoms with E-state index in [0.29, 0.717) is 12.2 Å². The molecule has 0 radical (unpaired) electrons. The van der Waals surface area contributed by atoms with Gasteiger partial charge in [0.15, 0.2) is 5.78 Å². The second-order valence-corrected chi connectivity index (χ2v) is 3.63. The summed E-state index contributed by atoms with van der Waals surface area (Å²) in [4.78, 5) is 11.5. The van der Waals surface area contributed by atoms with Gasteiger partial charge in [-0.15, -0.1) is 0 Å². The molecule has 1 aromatic rings. The van der Waals surface area contributed by atoms with Crippen LogP contribution in [0.3, 0.4) is 0 Å². The number of aryl methyl sites for hydroxylation is 2. The van der Waals surface area contributed by atoms with Crippen molar-refractivity contribution in [2.45, 2.75) is 34.1 Å². The Morgan fingerprint density at radius 2 is 2.00 bits per heavy atom. The van der Waals surface area contributed by atoms with Crippen LogP contribution >= 0.6 is 0 Å². The quantitative estimate of drug-likeness (QED) is 0.707. The van der Waals surface area contributed by atoms with Crippen LogP contribution in [0.1, 0.15) is 42.3 Å². The molecule has 2 nitrogen and oxygen atoms in total. The maximum Gasteiger partial charge on any atom is 0.163 e. The van der Waals surface area contributed by atoms with E-state index < -0.39 is 0 Å². The van der Waals surface area contributed by atoms with E-state index in [-0.39, 0.29) is 5.78 Å². The van der Waals surface area contributed by atoms with Gasteiger partial charge in [-0.05, 0) is 44.4 Å². The zero-order chi connectivity index (χ0) is 11.4. The topological polar surface area (TPSA) is 26.3 Å². The Hall–Kier alpha value is -1.31. The van der Waals surface area contributed by atoms with Gasteiger partial charge in [0, 0.05) is 0 Å². The average Bonchev–Trinajstić information content (AvgIpc) is 2.20. The summed E-state index contributed by atoms with van der Waals surface area (Å²) in [5.74, 6) is 0.805. The van der Waals surface area contributed by atoms with E-state index in [2.05, 4.69) is 13.0 Å². The van der Waals surface area contributed by atoms with E-state index in [1.165, 1.54) is 5.56 Å². The molecule has 15 heavy (non-hydrogen) atoms. The van der Waals surface area contributed by atoms with Gasteiger partial charge in [0.25, 0.3) is 0 Å². The lowest BCUT2D eigenvalue weighted by Crippen LogP contribution is -2.04. The molecule has 0 heterocycles. The van der Waals surface area contributed by atoms with E-state index in [9.17, 15) is 4.79 Å². The van der Waals surface area contributed by atoms with Gasteiger partial charge in [-0.3, -0.25) is 4.79 Å². The minimum absolute atomic E-state index is 0.0665.